The molecule has 19 heavy (non-hydrogen) atoms. The van der Waals surface area contributed by atoms with E-state index in [2.05, 4.69) is 5.32 Å². The molecule has 0 heterocycles. The van der Waals surface area contributed by atoms with Crippen molar-refractivity contribution in [2.24, 2.45) is 5.73 Å². The highest BCUT2D eigenvalue weighted by molar-refractivity contribution is 7.84. The van der Waals surface area contributed by atoms with Crippen LogP contribution in [-0.2, 0) is 25.2 Å². The maximum absolute atomic E-state index is 11.5. The first kappa shape index (κ1) is 17.5. The van der Waals surface area contributed by atoms with Crippen LogP contribution in [0.4, 0.5) is 0 Å². The zero-order valence-electron chi connectivity index (χ0n) is 10.5. The van der Waals surface area contributed by atoms with Gasteiger partial charge in [0.15, 0.2) is 0 Å². The van der Waals surface area contributed by atoms with E-state index in [1.54, 1.807) is 0 Å². The first-order valence-corrected chi connectivity index (χ1v) is 7.27. The average molecular weight is 294 g/mol. The molecule has 0 bridgehead atoms. The van der Waals surface area contributed by atoms with Gasteiger partial charge in [0.2, 0.25) is 5.91 Å². The molecular weight excluding hydrogens is 276 g/mol. The third kappa shape index (κ3) is 8.27. The summed E-state index contributed by atoms with van der Waals surface area (Å²) in [6.07, 6.45) is 1.10. The van der Waals surface area contributed by atoms with Gasteiger partial charge < -0.3 is 21.3 Å². The smallest absolute Gasteiger partial charge is 0.326 e. The lowest BCUT2D eigenvalue weighted by Crippen LogP contribution is -2.49. The Morgan fingerprint density at radius 1 is 1.26 bits per heavy atom. The van der Waals surface area contributed by atoms with Crippen LogP contribution < -0.4 is 11.1 Å². The highest BCUT2D eigenvalue weighted by Gasteiger charge is 2.23. The van der Waals surface area contributed by atoms with Crippen LogP contribution in [0.15, 0.2) is 0 Å². The molecule has 0 spiro atoms. The van der Waals surface area contributed by atoms with Crippen molar-refractivity contribution in [1.82, 2.24) is 5.32 Å². The monoisotopic (exact) mass is 294 g/mol. The largest absolute Gasteiger partial charge is 0.481 e. The van der Waals surface area contributed by atoms with E-state index in [4.69, 9.17) is 15.9 Å². The number of nitrogens with one attached hydrogen (secondary N) is 1. The van der Waals surface area contributed by atoms with Crippen LogP contribution in [0.2, 0.25) is 0 Å². The number of carboxylic acid groups (broad SMARTS) is 2. The molecule has 0 aromatic carbocycles. The van der Waals surface area contributed by atoms with Gasteiger partial charge in [0.25, 0.3) is 0 Å². The molecule has 0 saturated heterocycles. The molecule has 0 aliphatic heterocycles. The lowest BCUT2D eigenvalue weighted by molar-refractivity contribution is -0.142. The summed E-state index contributed by atoms with van der Waals surface area (Å²) in [5.41, 5.74) is 5.44. The SMILES string of the molecule is C[S@](=O)CC[C@H](NC(=O)[C@@H](N)CCC(=O)O)C(=O)O. The predicted octanol–water partition coefficient (Wildman–Crippen LogP) is -1.48. The second-order valence-electron chi connectivity index (χ2n) is 4.00. The van der Waals surface area contributed by atoms with Gasteiger partial charge in [0, 0.05) is 29.2 Å². The van der Waals surface area contributed by atoms with Crippen molar-refractivity contribution in [3.05, 3.63) is 0 Å². The minimum absolute atomic E-state index is 0.0236. The molecular formula is C10H18N2O6S. The van der Waals surface area contributed by atoms with Crippen LogP contribution in [0.5, 0.6) is 0 Å². The molecule has 9 heteroatoms. The van der Waals surface area contributed by atoms with E-state index in [1.165, 1.54) is 6.26 Å². The number of hydrogen-bond acceptors (Lipinski definition) is 5. The van der Waals surface area contributed by atoms with Crippen molar-refractivity contribution < 1.29 is 28.8 Å². The van der Waals surface area contributed by atoms with Crippen molar-refractivity contribution >= 4 is 28.6 Å². The third-order valence-electron chi connectivity index (χ3n) is 2.31. The molecule has 8 nitrogen and oxygen atoms in total. The molecule has 110 valence electrons. The summed E-state index contributed by atoms with van der Waals surface area (Å²) in [6, 6.07) is -2.25. The number of amides is 1. The minimum Gasteiger partial charge on any atom is -0.481 e. The summed E-state index contributed by atoms with van der Waals surface area (Å²) < 4.78 is 10.9. The molecule has 0 radical (unpaired) electrons. The van der Waals surface area contributed by atoms with E-state index < -0.39 is 40.7 Å². The maximum Gasteiger partial charge on any atom is 0.326 e. The topological polar surface area (TPSA) is 147 Å². The first-order chi connectivity index (χ1) is 8.73. The fourth-order valence-corrected chi connectivity index (χ4v) is 1.80. The molecule has 5 N–H and O–H groups in total. The average Bonchev–Trinajstić information content (AvgIpc) is 2.30. The van der Waals surface area contributed by atoms with Crippen LogP contribution in [-0.4, -0.2) is 56.4 Å². The summed E-state index contributed by atoms with van der Waals surface area (Å²) in [7, 11) is -1.16. The summed E-state index contributed by atoms with van der Waals surface area (Å²) >= 11 is 0. The highest BCUT2D eigenvalue weighted by Crippen LogP contribution is 1.99. The van der Waals surface area contributed by atoms with Crippen molar-refractivity contribution in [2.45, 2.75) is 31.3 Å². The summed E-state index contributed by atoms with van der Waals surface area (Å²) in [5, 5.41) is 19.5. The van der Waals surface area contributed by atoms with Gasteiger partial charge in [-0.2, -0.15) is 0 Å². The second kappa shape index (κ2) is 8.59. The Bertz CT molecular complexity index is 373. The van der Waals surface area contributed by atoms with E-state index >= 15 is 0 Å². The molecule has 3 atom stereocenters. The van der Waals surface area contributed by atoms with Crippen molar-refractivity contribution in [3.63, 3.8) is 0 Å². The lowest BCUT2D eigenvalue weighted by atomic mass is 10.1. The Balaban J connectivity index is 4.33. The molecule has 0 rings (SSSR count). The summed E-state index contributed by atoms with van der Waals surface area (Å²) in [6.45, 7) is 0. The quantitative estimate of drug-likeness (QED) is 0.405. The van der Waals surface area contributed by atoms with Gasteiger partial charge >= 0.3 is 11.9 Å². The Hall–Kier alpha value is -1.48. The summed E-state index contributed by atoms with van der Waals surface area (Å²) in [4.78, 5) is 32.8. The van der Waals surface area contributed by atoms with Crippen LogP contribution in [0.25, 0.3) is 0 Å². The predicted molar refractivity (Wildman–Crippen MR) is 68.0 cm³/mol. The van der Waals surface area contributed by atoms with E-state index in [0.29, 0.717) is 0 Å². The second-order valence-corrected chi connectivity index (χ2v) is 5.56. The van der Waals surface area contributed by atoms with Gasteiger partial charge in [-0.3, -0.25) is 13.8 Å². The molecule has 0 saturated carbocycles. The fraction of sp³-hybridized carbons (Fsp3) is 0.700. The van der Waals surface area contributed by atoms with Gasteiger partial charge in [-0.05, 0) is 12.8 Å². The third-order valence-corrected chi connectivity index (χ3v) is 3.13. The van der Waals surface area contributed by atoms with E-state index in [0.717, 1.165) is 0 Å². The Morgan fingerprint density at radius 3 is 2.26 bits per heavy atom. The van der Waals surface area contributed by atoms with E-state index in [9.17, 15) is 18.6 Å². The fourth-order valence-electron chi connectivity index (χ4n) is 1.23. The molecule has 0 unspecified atom stereocenters. The summed E-state index contributed by atoms with van der Waals surface area (Å²) in [5.74, 6) is -2.92. The van der Waals surface area contributed by atoms with Crippen LogP contribution in [0.3, 0.4) is 0 Å². The molecule has 0 aromatic rings. The number of carbonyl (C=O) groups excluding carboxylic acids is 1. The van der Waals surface area contributed by atoms with Gasteiger partial charge in [0.1, 0.15) is 6.04 Å². The Morgan fingerprint density at radius 2 is 1.84 bits per heavy atom. The number of rotatable bonds is 9. The van der Waals surface area contributed by atoms with E-state index in [1.807, 2.05) is 0 Å². The van der Waals surface area contributed by atoms with Gasteiger partial charge in [-0.25, -0.2) is 4.79 Å². The van der Waals surface area contributed by atoms with Crippen molar-refractivity contribution in [1.29, 1.82) is 0 Å². The van der Waals surface area contributed by atoms with E-state index in [-0.39, 0.29) is 25.0 Å². The molecule has 0 aliphatic carbocycles. The maximum atomic E-state index is 11.5. The highest BCUT2D eigenvalue weighted by atomic mass is 32.2. The normalized spacial score (nSPS) is 15.3. The minimum atomic E-state index is -1.25. The zero-order chi connectivity index (χ0) is 15.0. The molecule has 1 amide bonds. The van der Waals surface area contributed by atoms with Crippen molar-refractivity contribution in [3.8, 4) is 0 Å². The Labute approximate surface area is 112 Å². The van der Waals surface area contributed by atoms with Gasteiger partial charge in [0.05, 0.1) is 6.04 Å². The molecule has 0 fully saturated rings. The van der Waals surface area contributed by atoms with Gasteiger partial charge in [-0.15, -0.1) is 0 Å². The first-order valence-electron chi connectivity index (χ1n) is 5.54. The number of nitrogens with two attached hydrogens (primary N) is 1. The Kier molecular flexibility index (Phi) is 7.92. The molecule has 0 aliphatic rings. The van der Waals surface area contributed by atoms with Crippen LogP contribution in [0.1, 0.15) is 19.3 Å². The standard InChI is InChI=1S/C10H18N2O6S/c1-19(18)5-4-7(10(16)17)12-9(15)6(11)2-3-8(13)14/h6-7H,2-5,11H2,1H3,(H,12,15)(H,13,14)(H,16,17)/t6-,7-,19-/m0/s1. The number of carboxylic acids is 2. The lowest BCUT2D eigenvalue weighted by Gasteiger charge is -2.17. The number of hydrogen-bond donors (Lipinski definition) is 4. The molecule has 0 aromatic heterocycles. The number of carbonyl (C=O) groups is 3. The van der Waals surface area contributed by atoms with Crippen LogP contribution >= 0.6 is 0 Å². The number of aliphatic carboxylic acids is 2. The van der Waals surface area contributed by atoms with Gasteiger partial charge in [-0.1, -0.05) is 0 Å². The zero-order valence-corrected chi connectivity index (χ0v) is 11.3. The van der Waals surface area contributed by atoms with Crippen molar-refractivity contribution in [2.75, 3.05) is 12.0 Å². The van der Waals surface area contributed by atoms with Crippen LogP contribution in [0, 0.1) is 0 Å².